The highest BCUT2D eigenvalue weighted by molar-refractivity contribution is 7.15. The van der Waals surface area contributed by atoms with Crippen molar-refractivity contribution in [2.24, 2.45) is 0 Å². The van der Waals surface area contributed by atoms with Crippen LogP contribution in [0.2, 0.25) is 0 Å². The van der Waals surface area contributed by atoms with E-state index in [1.165, 1.54) is 34.7 Å². The van der Waals surface area contributed by atoms with Crippen LogP contribution in [0.1, 0.15) is 46.1 Å². The molecule has 1 atom stereocenters. The van der Waals surface area contributed by atoms with Crippen LogP contribution in [0.5, 0.6) is 0 Å². The SMILES string of the molecule is O=C(Nc1ccccc1F)N1Cc2c(sc3c2CCCC3)-n2cccc2[C@H]1c1cc(F)cc(F)c1. The van der Waals surface area contributed by atoms with Gasteiger partial charge in [0, 0.05) is 22.7 Å². The third kappa shape index (κ3) is 3.82. The van der Waals surface area contributed by atoms with Gasteiger partial charge in [0.15, 0.2) is 0 Å². The average Bonchev–Trinajstić information content (AvgIpc) is 3.41. The van der Waals surface area contributed by atoms with Gasteiger partial charge in [0.25, 0.3) is 0 Å². The van der Waals surface area contributed by atoms with Crippen molar-refractivity contribution in [2.45, 2.75) is 38.3 Å². The molecule has 2 aliphatic rings. The highest BCUT2D eigenvalue weighted by atomic mass is 32.1. The third-order valence-corrected chi connectivity index (χ3v) is 8.09. The van der Waals surface area contributed by atoms with E-state index in [0.29, 0.717) is 5.56 Å². The van der Waals surface area contributed by atoms with Gasteiger partial charge in [-0.05, 0) is 73.2 Å². The molecule has 1 aliphatic heterocycles. The molecule has 35 heavy (non-hydrogen) atoms. The second-order valence-electron chi connectivity index (χ2n) is 8.94. The number of nitrogens with one attached hydrogen (secondary N) is 1. The van der Waals surface area contributed by atoms with Crippen molar-refractivity contribution in [3.63, 3.8) is 0 Å². The van der Waals surface area contributed by atoms with Crippen molar-refractivity contribution in [3.8, 4) is 5.00 Å². The number of aromatic nitrogens is 1. The molecule has 0 saturated heterocycles. The number of halogens is 3. The van der Waals surface area contributed by atoms with Gasteiger partial charge in [0.05, 0.1) is 17.9 Å². The van der Waals surface area contributed by atoms with Crippen molar-refractivity contribution in [3.05, 3.63) is 106 Å². The van der Waals surface area contributed by atoms with Gasteiger partial charge in [-0.2, -0.15) is 0 Å². The summed E-state index contributed by atoms with van der Waals surface area (Å²) in [5, 5.41) is 3.71. The first-order valence-electron chi connectivity index (χ1n) is 11.6. The molecule has 2 amide bonds. The molecule has 0 bridgehead atoms. The molecule has 0 unspecified atom stereocenters. The lowest BCUT2D eigenvalue weighted by molar-refractivity contribution is 0.194. The van der Waals surface area contributed by atoms with Gasteiger partial charge in [-0.1, -0.05) is 12.1 Å². The van der Waals surface area contributed by atoms with Gasteiger partial charge < -0.3 is 14.8 Å². The number of anilines is 1. The molecule has 2 aromatic carbocycles. The number of hydrogen-bond acceptors (Lipinski definition) is 2. The zero-order valence-electron chi connectivity index (χ0n) is 18.7. The summed E-state index contributed by atoms with van der Waals surface area (Å²) < 4.78 is 45.1. The summed E-state index contributed by atoms with van der Waals surface area (Å²) in [6.45, 7) is 0.242. The van der Waals surface area contributed by atoms with Gasteiger partial charge in [-0.25, -0.2) is 18.0 Å². The predicted molar refractivity (Wildman–Crippen MR) is 129 cm³/mol. The summed E-state index contributed by atoms with van der Waals surface area (Å²) in [5.41, 5.74) is 3.39. The van der Waals surface area contributed by atoms with Crippen molar-refractivity contribution in [1.29, 1.82) is 0 Å². The summed E-state index contributed by atoms with van der Waals surface area (Å²) in [4.78, 5) is 16.6. The Balaban J connectivity index is 1.53. The second-order valence-corrected chi connectivity index (χ2v) is 10.0. The zero-order chi connectivity index (χ0) is 24.1. The highest BCUT2D eigenvalue weighted by Gasteiger charge is 2.36. The van der Waals surface area contributed by atoms with Crippen LogP contribution in [0.25, 0.3) is 5.00 Å². The fourth-order valence-corrected chi connectivity index (χ4v) is 6.62. The monoisotopic (exact) mass is 493 g/mol. The lowest BCUT2D eigenvalue weighted by Crippen LogP contribution is -2.38. The lowest BCUT2D eigenvalue weighted by atomic mass is 9.95. The number of para-hydroxylation sites is 1. The van der Waals surface area contributed by atoms with Gasteiger partial charge in [-0.3, -0.25) is 0 Å². The summed E-state index contributed by atoms with van der Waals surface area (Å²) in [7, 11) is 0. The molecule has 1 aliphatic carbocycles. The maximum Gasteiger partial charge on any atom is 0.323 e. The number of carbonyl (C=O) groups excluding carboxylic acids is 1. The van der Waals surface area contributed by atoms with E-state index in [-0.39, 0.29) is 12.2 Å². The van der Waals surface area contributed by atoms with Crippen LogP contribution in [0.15, 0.2) is 60.8 Å². The molecule has 6 rings (SSSR count). The second kappa shape index (κ2) is 8.61. The summed E-state index contributed by atoms with van der Waals surface area (Å²) >= 11 is 1.72. The number of nitrogens with zero attached hydrogens (tertiary/aromatic N) is 2. The molecular formula is C27H22F3N3OS. The number of urea groups is 1. The molecule has 8 heteroatoms. The summed E-state index contributed by atoms with van der Waals surface area (Å²) in [6.07, 6.45) is 6.07. The standard InChI is InChI=1S/C27H22F3N3OS/c28-17-12-16(13-18(29)14-17)25-23-9-5-11-32(23)26-20(19-6-1-4-10-24(19)35-26)15-33(25)27(34)31-22-8-3-2-7-21(22)30/h2-3,5,7-9,11-14,25H,1,4,6,10,15H2,(H,31,34)/t25-/m1/s1. The first-order valence-corrected chi connectivity index (χ1v) is 12.4. The Morgan fingerprint density at radius 3 is 2.51 bits per heavy atom. The van der Waals surface area contributed by atoms with Crippen LogP contribution in [0, 0.1) is 17.5 Å². The maximum absolute atomic E-state index is 14.4. The van der Waals surface area contributed by atoms with Crippen molar-refractivity contribution in [1.82, 2.24) is 9.47 Å². The molecule has 4 nitrogen and oxygen atoms in total. The number of fused-ring (bicyclic) bond motifs is 5. The summed E-state index contributed by atoms with van der Waals surface area (Å²) in [5.74, 6) is -1.99. The Morgan fingerprint density at radius 1 is 0.943 bits per heavy atom. The molecule has 0 fully saturated rings. The smallest absolute Gasteiger partial charge is 0.310 e. The van der Waals surface area contributed by atoms with E-state index in [1.54, 1.807) is 28.4 Å². The first kappa shape index (κ1) is 22.0. The third-order valence-electron chi connectivity index (χ3n) is 6.76. The van der Waals surface area contributed by atoms with E-state index in [9.17, 15) is 18.0 Å². The van der Waals surface area contributed by atoms with E-state index in [4.69, 9.17) is 0 Å². The van der Waals surface area contributed by atoms with Gasteiger partial charge in [0.2, 0.25) is 0 Å². The predicted octanol–water partition coefficient (Wildman–Crippen LogP) is 6.97. The fourth-order valence-electron chi connectivity index (χ4n) is 5.22. The Kier molecular flexibility index (Phi) is 5.40. The molecule has 2 aromatic heterocycles. The average molecular weight is 494 g/mol. The first-order chi connectivity index (χ1) is 17.0. The minimum Gasteiger partial charge on any atom is -0.310 e. The van der Waals surface area contributed by atoms with Crippen molar-refractivity contribution >= 4 is 23.1 Å². The summed E-state index contributed by atoms with van der Waals surface area (Å²) in [6, 6.07) is 11.7. The molecule has 0 radical (unpaired) electrons. The number of amides is 2. The lowest BCUT2D eigenvalue weighted by Gasteiger charge is -2.31. The van der Waals surface area contributed by atoms with Crippen molar-refractivity contribution in [2.75, 3.05) is 5.32 Å². The normalized spacial score (nSPS) is 16.8. The zero-order valence-corrected chi connectivity index (χ0v) is 19.5. The quantitative estimate of drug-likeness (QED) is 0.322. The Hall–Kier alpha value is -3.52. The molecular weight excluding hydrogens is 471 g/mol. The topological polar surface area (TPSA) is 37.3 Å². The van der Waals surface area contributed by atoms with E-state index in [2.05, 4.69) is 5.32 Å². The minimum absolute atomic E-state index is 0.0499. The highest BCUT2D eigenvalue weighted by Crippen LogP contribution is 2.44. The van der Waals surface area contributed by atoms with Crippen molar-refractivity contribution < 1.29 is 18.0 Å². The number of hydrogen-bond donors (Lipinski definition) is 1. The number of carbonyl (C=O) groups is 1. The van der Waals surface area contributed by atoms with Crippen LogP contribution in [0.3, 0.4) is 0 Å². The van der Waals surface area contributed by atoms with Crippen LogP contribution in [-0.2, 0) is 19.4 Å². The largest absolute Gasteiger partial charge is 0.323 e. The Bertz CT molecular complexity index is 1420. The molecule has 3 heterocycles. The van der Waals surface area contributed by atoms with Gasteiger partial charge >= 0.3 is 6.03 Å². The van der Waals surface area contributed by atoms with Crippen LogP contribution in [0.4, 0.5) is 23.7 Å². The molecule has 1 N–H and O–H groups in total. The number of aryl methyl sites for hydroxylation is 1. The van der Waals surface area contributed by atoms with E-state index in [1.807, 2.05) is 22.9 Å². The number of benzene rings is 2. The molecule has 4 aromatic rings. The van der Waals surface area contributed by atoms with Crippen LogP contribution < -0.4 is 5.32 Å². The van der Waals surface area contributed by atoms with Gasteiger partial charge in [-0.15, -0.1) is 11.3 Å². The van der Waals surface area contributed by atoms with Crippen LogP contribution in [-0.4, -0.2) is 15.5 Å². The fraction of sp³-hybridized carbons (Fsp3) is 0.222. The molecule has 0 saturated carbocycles. The maximum atomic E-state index is 14.4. The van der Waals surface area contributed by atoms with E-state index >= 15 is 0 Å². The molecule has 178 valence electrons. The Morgan fingerprint density at radius 2 is 1.71 bits per heavy atom. The Labute approximate surface area is 204 Å². The van der Waals surface area contributed by atoms with Gasteiger partial charge in [0.1, 0.15) is 28.5 Å². The molecule has 0 spiro atoms. The number of rotatable bonds is 2. The van der Waals surface area contributed by atoms with E-state index < -0.39 is 29.5 Å². The minimum atomic E-state index is -0.777. The number of thiophene rings is 1. The van der Waals surface area contributed by atoms with Crippen LogP contribution >= 0.6 is 11.3 Å². The van der Waals surface area contributed by atoms with E-state index in [0.717, 1.165) is 48.0 Å².